The molecule has 0 unspecified atom stereocenters. The summed E-state index contributed by atoms with van der Waals surface area (Å²) in [6.07, 6.45) is 3.94. The maximum Gasteiger partial charge on any atom is 0.270 e. The Hall–Kier alpha value is -2.05. The molecule has 0 saturated carbocycles. The minimum absolute atomic E-state index is 0.00580. The fourth-order valence-electron chi connectivity index (χ4n) is 4.39. The Morgan fingerprint density at radius 3 is 2.79 bits per heavy atom. The number of ether oxygens (including phenoxy) is 1. The van der Waals surface area contributed by atoms with Crippen molar-refractivity contribution in [3.8, 4) is 0 Å². The normalized spacial score (nSPS) is 21.4. The van der Waals surface area contributed by atoms with Crippen molar-refractivity contribution in [3.05, 3.63) is 35.0 Å². The number of aromatic nitrogens is 1. The topological polar surface area (TPSA) is 74.4 Å². The van der Waals surface area contributed by atoms with Gasteiger partial charge in [0.05, 0.1) is 6.10 Å². The number of likely N-dealkylation sites (tertiary alicyclic amines) is 1. The molecule has 2 aliphatic heterocycles. The van der Waals surface area contributed by atoms with E-state index in [1.807, 2.05) is 36.1 Å². The third kappa shape index (κ3) is 4.59. The molecule has 7 heteroatoms. The van der Waals surface area contributed by atoms with Gasteiger partial charge >= 0.3 is 0 Å². The highest BCUT2D eigenvalue weighted by Crippen LogP contribution is 2.27. The summed E-state index contributed by atoms with van der Waals surface area (Å²) >= 11 is 6.04. The summed E-state index contributed by atoms with van der Waals surface area (Å²) in [5.41, 5.74) is 1.49. The van der Waals surface area contributed by atoms with Gasteiger partial charge in [0.1, 0.15) is 5.69 Å². The van der Waals surface area contributed by atoms with Crippen LogP contribution in [-0.4, -0.2) is 54.0 Å². The van der Waals surface area contributed by atoms with Gasteiger partial charge in [-0.15, -0.1) is 0 Å². The van der Waals surface area contributed by atoms with Gasteiger partial charge in [-0.25, -0.2) is 0 Å². The standard InChI is InChI=1S/C22H28ClN3O3/c1-14(21(27)24-13-18-3-2-10-29-18)15-6-8-26(9-7-15)22(28)20-12-16-11-17(23)4-5-19(16)25-20/h4-5,11-12,14-15,18,25H,2-3,6-10,13H2,1H3,(H,24,27)/t14-,18-/m0/s1. The number of hydrogen-bond donors (Lipinski definition) is 2. The van der Waals surface area contributed by atoms with E-state index < -0.39 is 0 Å². The first-order valence-electron chi connectivity index (χ1n) is 10.5. The van der Waals surface area contributed by atoms with Crippen molar-refractivity contribution in [3.63, 3.8) is 0 Å². The number of carbonyl (C=O) groups excluding carboxylic acids is 2. The van der Waals surface area contributed by atoms with E-state index >= 15 is 0 Å². The van der Waals surface area contributed by atoms with Gasteiger partial charge in [-0.3, -0.25) is 9.59 Å². The van der Waals surface area contributed by atoms with Gasteiger partial charge in [0.2, 0.25) is 5.91 Å². The van der Waals surface area contributed by atoms with Crippen molar-refractivity contribution in [2.75, 3.05) is 26.2 Å². The molecule has 4 rings (SSSR count). The molecule has 156 valence electrons. The fourth-order valence-corrected chi connectivity index (χ4v) is 4.57. The summed E-state index contributed by atoms with van der Waals surface area (Å²) in [4.78, 5) is 30.4. The number of benzene rings is 1. The van der Waals surface area contributed by atoms with E-state index in [1.54, 1.807) is 0 Å². The minimum Gasteiger partial charge on any atom is -0.376 e. The van der Waals surface area contributed by atoms with Crippen molar-refractivity contribution in [1.29, 1.82) is 0 Å². The van der Waals surface area contributed by atoms with Crippen LogP contribution in [0.25, 0.3) is 10.9 Å². The molecule has 1 aromatic carbocycles. The van der Waals surface area contributed by atoms with E-state index in [0.717, 1.165) is 43.2 Å². The Kier molecular flexibility index (Phi) is 6.11. The second kappa shape index (κ2) is 8.76. The Labute approximate surface area is 175 Å². The molecule has 2 aromatic rings. The number of rotatable bonds is 5. The molecule has 29 heavy (non-hydrogen) atoms. The Morgan fingerprint density at radius 1 is 1.28 bits per heavy atom. The first kappa shape index (κ1) is 20.2. The smallest absolute Gasteiger partial charge is 0.270 e. The number of hydrogen-bond acceptors (Lipinski definition) is 3. The zero-order valence-electron chi connectivity index (χ0n) is 16.7. The highest BCUT2D eigenvalue weighted by Gasteiger charge is 2.31. The number of fused-ring (bicyclic) bond motifs is 1. The second-order valence-electron chi connectivity index (χ2n) is 8.21. The molecule has 6 nitrogen and oxygen atoms in total. The van der Waals surface area contributed by atoms with Crippen LogP contribution in [0.1, 0.15) is 43.1 Å². The lowest BCUT2D eigenvalue weighted by molar-refractivity contribution is -0.127. The lowest BCUT2D eigenvalue weighted by atomic mass is 9.84. The molecule has 0 bridgehead atoms. The molecular formula is C22H28ClN3O3. The van der Waals surface area contributed by atoms with Gasteiger partial charge in [-0.2, -0.15) is 0 Å². The zero-order valence-corrected chi connectivity index (χ0v) is 17.5. The third-order valence-corrected chi connectivity index (χ3v) is 6.52. The molecule has 0 radical (unpaired) electrons. The average molecular weight is 418 g/mol. The summed E-state index contributed by atoms with van der Waals surface area (Å²) < 4.78 is 5.57. The number of halogens is 1. The van der Waals surface area contributed by atoms with Crippen molar-refractivity contribution in [1.82, 2.24) is 15.2 Å². The van der Waals surface area contributed by atoms with Crippen LogP contribution in [0.4, 0.5) is 0 Å². The molecular weight excluding hydrogens is 390 g/mol. The second-order valence-corrected chi connectivity index (χ2v) is 8.65. The lowest BCUT2D eigenvalue weighted by Crippen LogP contribution is -2.43. The number of nitrogens with one attached hydrogen (secondary N) is 2. The van der Waals surface area contributed by atoms with Crippen LogP contribution in [0, 0.1) is 11.8 Å². The summed E-state index contributed by atoms with van der Waals surface area (Å²) in [6, 6.07) is 7.41. The van der Waals surface area contributed by atoms with Crippen LogP contribution in [0.15, 0.2) is 24.3 Å². The number of H-pyrrole nitrogens is 1. The third-order valence-electron chi connectivity index (χ3n) is 6.29. The average Bonchev–Trinajstić information content (AvgIpc) is 3.40. The van der Waals surface area contributed by atoms with Gasteiger partial charge in [0, 0.05) is 48.1 Å². The fraction of sp³-hybridized carbons (Fsp3) is 0.545. The number of nitrogens with zero attached hydrogens (tertiary/aromatic N) is 1. The predicted molar refractivity (Wildman–Crippen MR) is 113 cm³/mol. The van der Waals surface area contributed by atoms with Crippen LogP contribution in [0.5, 0.6) is 0 Å². The van der Waals surface area contributed by atoms with Crippen molar-refractivity contribution >= 4 is 34.3 Å². The van der Waals surface area contributed by atoms with Gasteiger partial charge in [0.25, 0.3) is 5.91 Å². The largest absolute Gasteiger partial charge is 0.376 e. The maximum atomic E-state index is 12.9. The highest BCUT2D eigenvalue weighted by molar-refractivity contribution is 6.31. The molecule has 3 heterocycles. The summed E-state index contributed by atoms with van der Waals surface area (Å²) in [6.45, 7) is 4.73. The molecule has 2 N–H and O–H groups in total. The summed E-state index contributed by atoms with van der Waals surface area (Å²) in [5, 5.41) is 4.63. The van der Waals surface area contributed by atoms with Crippen LogP contribution in [0.2, 0.25) is 5.02 Å². The molecule has 2 atom stereocenters. The maximum absolute atomic E-state index is 12.9. The van der Waals surface area contributed by atoms with E-state index in [2.05, 4.69) is 10.3 Å². The number of piperidine rings is 1. The van der Waals surface area contributed by atoms with E-state index in [9.17, 15) is 9.59 Å². The van der Waals surface area contributed by atoms with Gasteiger partial charge in [0.15, 0.2) is 0 Å². The summed E-state index contributed by atoms with van der Waals surface area (Å²) in [7, 11) is 0. The lowest BCUT2D eigenvalue weighted by Gasteiger charge is -2.34. The van der Waals surface area contributed by atoms with E-state index in [1.165, 1.54) is 0 Å². The molecule has 2 fully saturated rings. The van der Waals surface area contributed by atoms with Gasteiger partial charge < -0.3 is 19.9 Å². The first-order chi connectivity index (χ1) is 14.0. The zero-order chi connectivity index (χ0) is 20.4. The highest BCUT2D eigenvalue weighted by atomic mass is 35.5. The Morgan fingerprint density at radius 2 is 2.07 bits per heavy atom. The van der Waals surface area contributed by atoms with Crippen LogP contribution < -0.4 is 5.32 Å². The van der Waals surface area contributed by atoms with Crippen molar-refractivity contribution in [2.45, 2.75) is 38.7 Å². The van der Waals surface area contributed by atoms with Crippen molar-refractivity contribution in [2.24, 2.45) is 11.8 Å². The van der Waals surface area contributed by atoms with Gasteiger partial charge in [-0.1, -0.05) is 18.5 Å². The molecule has 0 aliphatic carbocycles. The molecule has 2 aliphatic rings. The minimum atomic E-state index is -0.0520. The Bertz CT molecular complexity index is 883. The summed E-state index contributed by atoms with van der Waals surface area (Å²) in [5.74, 6) is 0.345. The van der Waals surface area contributed by atoms with Crippen LogP contribution in [-0.2, 0) is 9.53 Å². The quantitative estimate of drug-likeness (QED) is 0.780. The molecule has 2 saturated heterocycles. The number of carbonyl (C=O) groups is 2. The monoisotopic (exact) mass is 417 g/mol. The van der Waals surface area contributed by atoms with Crippen LogP contribution >= 0.6 is 11.6 Å². The van der Waals surface area contributed by atoms with E-state index in [-0.39, 0.29) is 23.8 Å². The van der Waals surface area contributed by atoms with E-state index in [0.29, 0.717) is 36.3 Å². The number of amides is 2. The molecule has 2 amide bonds. The molecule has 0 spiro atoms. The Balaban J connectivity index is 1.29. The van der Waals surface area contributed by atoms with Gasteiger partial charge in [-0.05, 0) is 55.9 Å². The van der Waals surface area contributed by atoms with E-state index in [4.69, 9.17) is 16.3 Å². The van der Waals surface area contributed by atoms with Crippen LogP contribution in [0.3, 0.4) is 0 Å². The predicted octanol–water partition coefficient (Wildman–Crippen LogP) is 3.60. The number of aromatic amines is 1. The SMILES string of the molecule is C[C@H](C(=O)NC[C@@H]1CCCO1)C1CCN(C(=O)c2cc3cc(Cl)ccc3[nH]2)CC1. The first-order valence-corrected chi connectivity index (χ1v) is 10.9. The molecule has 1 aromatic heterocycles. The van der Waals surface area contributed by atoms with Crippen molar-refractivity contribution < 1.29 is 14.3 Å².